The molecule has 2 aliphatic rings. The Kier molecular flexibility index (Phi) is 4.97. The van der Waals surface area contributed by atoms with Crippen LogP contribution in [-0.4, -0.2) is 57.2 Å². The van der Waals surface area contributed by atoms with E-state index in [9.17, 15) is 22.0 Å². The molecule has 2 heterocycles. The highest BCUT2D eigenvalue weighted by Gasteiger charge is 2.36. The van der Waals surface area contributed by atoms with Crippen LogP contribution in [0.25, 0.3) is 0 Å². The van der Waals surface area contributed by atoms with Crippen molar-refractivity contribution < 1.29 is 22.0 Å². The molecule has 0 aromatic heterocycles. The molecule has 2 saturated heterocycles. The zero-order chi connectivity index (χ0) is 18.2. The lowest BCUT2D eigenvalue weighted by Crippen LogP contribution is -2.45. The molecule has 2 N–H and O–H groups in total. The Hall–Kier alpha value is -1.74. The summed E-state index contributed by atoms with van der Waals surface area (Å²) in [6.07, 6.45) is 3.07. The first-order chi connectivity index (χ1) is 11.8. The van der Waals surface area contributed by atoms with Crippen LogP contribution in [0.1, 0.15) is 19.3 Å². The fourth-order valence-corrected chi connectivity index (χ4v) is 4.16. The standard InChI is InChI=1S/C16H21F2N3O3S/c1-25(23,24)15-9-11(17)14(8-12(15)18)20-13-4-7-21(16(13)22)10-2-5-19-6-3-10/h8-10,13,19-20H,2-7H2,1H3. The molecule has 0 radical (unpaired) electrons. The number of benzene rings is 1. The fraction of sp³-hybridized carbons (Fsp3) is 0.562. The van der Waals surface area contributed by atoms with Crippen molar-refractivity contribution in [2.45, 2.75) is 36.2 Å². The first-order valence-electron chi connectivity index (χ1n) is 8.24. The zero-order valence-electron chi connectivity index (χ0n) is 13.9. The number of hydrogen-bond acceptors (Lipinski definition) is 5. The summed E-state index contributed by atoms with van der Waals surface area (Å²) in [5.41, 5.74) is -0.199. The number of anilines is 1. The molecule has 0 saturated carbocycles. The number of hydrogen-bond donors (Lipinski definition) is 2. The molecule has 0 bridgehead atoms. The predicted molar refractivity (Wildman–Crippen MR) is 89.1 cm³/mol. The van der Waals surface area contributed by atoms with Gasteiger partial charge in [0.05, 0.1) is 5.69 Å². The van der Waals surface area contributed by atoms with Gasteiger partial charge in [0.25, 0.3) is 0 Å². The van der Waals surface area contributed by atoms with Crippen molar-refractivity contribution in [1.82, 2.24) is 10.2 Å². The lowest BCUT2D eigenvalue weighted by Gasteiger charge is -2.31. The maximum Gasteiger partial charge on any atom is 0.245 e. The molecule has 2 aliphatic heterocycles. The third kappa shape index (κ3) is 3.77. The molecular weight excluding hydrogens is 352 g/mol. The van der Waals surface area contributed by atoms with Crippen LogP contribution in [0.15, 0.2) is 17.0 Å². The number of piperidine rings is 1. The summed E-state index contributed by atoms with van der Waals surface area (Å²) in [5.74, 6) is -2.05. The number of rotatable bonds is 4. The molecule has 0 spiro atoms. The highest BCUT2D eigenvalue weighted by Crippen LogP contribution is 2.27. The van der Waals surface area contributed by atoms with E-state index in [4.69, 9.17) is 0 Å². The average molecular weight is 373 g/mol. The van der Waals surface area contributed by atoms with Gasteiger partial charge in [0, 0.05) is 24.9 Å². The second-order valence-corrected chi connectivity index (χ2v) is 8.52. The van der Waals surface area contributed by atoms with Crippen molar-refractivity contribution in [3.8, 4) is 0 Å². The van der Waals surface area contributed by atoms with E-state index in [2.05, 4.69) is 10.6 Å². The monoisotopic (exact) mass is 373 g/mol. The number of sulfone groups is 1. The minimum atomic E-state index is -3.86. The summed E-state index contributed by atoms with van der Waals surface area (Å²) in [7, 11) is -3.86. The van der Waals surface area contributed by atoms with E-state index < -0.39 is 32.4 Å². The first-order valence-corrected chi connectivity index (χ1v) is 10.1. The number of amides is 1. The molecule has 138 valence electrons. The Balaban J connectivity index is 1.75. The lowest BCUT2D eigenvalue weighted by molar-refractivity contribution is -0.130. The van der Waals surface area contributed by atoms with E-state index >= 15 is 0 Å². The van der Waals surface area contributed by atoms with Crippen LogP contribution in [0.3, 0.4) is 0 Å². The number of likely N-dealkylation sites (tertiary alicyclic amines) is 1. The van der Waals surface area contributed by atoms with E-state index in [1.807, 2.05) is 0 Å². The maximum atomic E-state index is 14.2. The number of carbonyl (C=O) groups excluding carboxylic acids is 1. The predicted octanol–water partition coefficient (Wildman–Crippen LogP) is 1.13. The van der Waals surface area contributed by atoms with Crippen molar-refractivity contribution in [3.63, 3.8) is 0 Å². The van der Waals surface area contributed by atoms with E-state index in [1.54, 1.807) is 4.90 Å². The highest BCUT2D eigenvalue weighted by molar-refractivity contribution is 7.90. The molecule has 25 heavy (non-hydrogen) atoms. The number of carbonyl (C=O) groups is 1. The van der Waals surface area contributed by atoms with Crippen molar-refractivity contribution in [3.05, 3.63) is 23.8 Å². The number of nitrogens with zero attached hydrogens (tertiary/aromatic N) is 1. The molecular formula is C16H21F2N3O3S. The first kappa shape index (κ1) is 18.1. The zero-order valence-corrected chi connectivity index (χ0v) is 14.7. The van der Waals surface area contributed by atoms with Gasteiger partial charge in [-0.3, -0.25) is 4.79 Å². The van der Waals surface area contributed by atoms with Gasteiger partial charge in [-0.2, -0.15) is 0 Å². The van der Waals surface area contributed by atoms with Crippen molar-refractivity contribution in [2.24, 2.45) is 0 Å². The summed E-state index contributed by atoms with van der Waals surface area (Å²) in [4.78, 5) is 13.7. The quantitative estimate of drug-likeness (QED) is 0.827. The molecule has 0 aliphatic carbocycles. The van der Waals surface area contributed by atoms with Crippen LogP contribution in [0.4, 0.5) is 14.5 Å². The van der Waals surface area contributed by atoms with Gasteiger partial charge < -0.3 is 15.5 Å². The Bertz CT molecular complexity index is 779. The molecule has 6 nitrogen and oxygen atoms in total. The molecule has 1 aromatic rings. The van der Waals surface area contributed by atoms with Gasteiger partial charge >= 0.3 is 0 Å². The molecule has 1 aromatic carbocycles. The third-order valence-corrected chi connectivity index (χ3v) is 5.85. The minimum absolute atomic E-state index is 0.126. The summed E-state index contributed by atoms with van der Waals surface area (Å²) in [6.45, 7) is 2.30. The molecule has 9 heteroatoms. The van der Waals surface area contributed by atoms with Crippen molar-refractivity contribution >= 4 is 21.4 Å². The Morgan fingerprint density at radius 1 is 1.16 bits per heavy atom. The summed E-state index contributed by atoms with van der Waals surface area (Å²) in [6, 6.07) is 0.992. The van der Waals surface area contributed by atoms with Gasteiger partial charge in [0.15, 0.2) is 9.84 Å². The van der Waals surface area contributed by atoms with E-state index in [-0.39, 0.29) is 17.6 Å². The van der Waals surface area contributed by atoms with Crippen LogP contribution in [0.5, 0.6) is 0 Å². The average Bonchev–Trinajstić information content (AvgIpc) is 2.91. The molecule has 1 atom stereocenters. The lowest BCUT2D eigenvalue weighted by atomic mass is 10.1. The molecule has 3 rings (SSSR count). The fourth-order valence-electron chi connectivity index (χ4n) is 3.43. The second kappa shape index (κ2) is 6.87. The van der Waals surface area contributed by atoms with Gasteiger partial charge in [-0.15, -0.1) is 0 Å². The minimum Gasteiger partial charge on any atom is -0.371 e. The molecule has 1 amide bonds. The van der Waals surface area contributed by atoms with E-state index in [1.165, 1.54) is 0 Å². The SMILES string of the molecule is CS(=O)(=O)c1cc(F)c(NC2CCN(C3CCNCC3)C2=O)cc1F. The topological polar surface area (TPSA) is 78.5 Å². The molecule has 2 fully saturated rings. The second-order valence-electron chi connectivity index (χ2n) is 6.53. The Morgan fingerprint density at radius 2 is 1.84 bits per heavy atom. The molecule has 1 unspecified atom stereocenters. The Labute approximate surface area is 145 Å². The van der Waals surface area contributed by atoms with E-state index in [0.717, 1.165) is 38.3 Å². The summed E-state index contributed by atoms with van der Waals surface area (Å²) in [5, 5.41) is 5.97. The maximum absolute atomic E-state index is 14.2. The number of halogens is 2. The van der Waals surface area contributed by atoms with Crippen LogP contribution in [0, 0.1) is 11.6 Å². The van der Waals surface area contributed by atoms with Crippen molar-refractivity contribution in [1.29, 1.82) is 0 Å². The summed E-state index contributed by atoms with van der Waals surface area (Å²) >= 11 is 0. The van der Waals surface area contributed by atoms with Gasteiger partial charge in [-0.05, 0) is 38.4 Å². The summed E-state index contributed by atoms with van der Waals surface area (Å²) < 4.78 is 51.0. The van der Waals surface area contributed by atoms with Crippen molar-refractivity contribution in [2.75, 3.05) is 31.2 Å². The van der Waals surface area contributed by atoms with Crippen LogP contribution in [0.2, 0.25) is 0 Å². The van der Waals surface area contributed by atoms with Gasteiger partial charge in [-0.25, -0.2) is 17.2 Å². The van der Waals surface area contributed by atoms with Crippen LogP contribution in [-0.2, 0) is 14.6 Å². The normalized spacial score (nSPS) is 22.4. The van der Waals surface area contributed by atoms with Gasteiger partial charge in [0.2, 0.25) is 5.91 Å². The third-order valence-electron chi connectivity index (χ3n) is 4.74. The largest absolute Gasteiger partial charge is 0.371 e. The highest BCUT2D eigenvalue weighted by atomic mass is 32.2. The van der Waals surface area contributed by atoms with Crippen LogP contribution < -0.4 is 10.6 Å². The van der Waals surface area contributed by atoms with Crippen LogP contribution >= 0.6 is 0 Å². The number of nitrogens with one attached hydrogen (secondary N) is 2. The smallest absolute Gasteiger partial charge is 0.245 e. The van der Waals surface area contributed by atoms with E-state index in [0.29, 0.717) is 19.0 Å². The van der Waals surface area contributed by atoms with Gasteiger partial charge in [-0.1, -0.05) is 0 Å². The van der Waals surface area contributed by atoms with Gasteiger partial charge in [0.1, 0.15) is 22.6 Å². The Morgan fingerprint density at radius 3 is 2.48 bits per heavy atom.